The maximum Gasteiger partial charge on any atom is 0.573 e. The summed E-state index contributed by atoms with van der Waals surface area (Å²) >= 11 is 0. The molecule has 0 bridgehead atoms. The molecule has 0 atom stereocenters. The van der Waals surface area contributed by atoms with E-state index >= 15 is 0 Å². The Balaban J connectivity index is 0.00000529. The summed E-state index contributed by atoms with van der Waals surface area (Å²) in [6, 6.07) is 5.31. The maximum atomic E-state index is 12.1. The molecule has 5 nitrogen and oxygen atoms in total. The zero-order valence-electron chi connectivity index (χ0n) is 13.8. The van der Waals surface area contributed by atoms with Gasteiger partial charge in [0.2, 0.25) is 0 Å². The predicted octanol–water partition coefficient (Wildman–Crippen LogP) is 3.66. The van der Waals surface area contributed by atoms with Gasteiger partial charge in [-0.05, 0) is 50.3 Å². The standard InChI is InChI=1S/C15H23F3N4O.HI/c1-3-22(4-2)11-5-10-20-14(19)21-12-6-8-13(9-7-12)23-15(16,17)18;/h6-9H,3-5,10-11H2,1-2H3,(H3,19,20,21);1H. The van der Waals surface area contributed by atoms with E-state index in [0.29, 0.717) is 12.2 Å². The van der Waals surface area contributed by atoms with E-state index < -0.39 is 6.36 Å². The average Bonchev–Trinajstić information content (AvgIpc) is 2.48. The van der Waals surface area contributed by atoms with Gasteiger partial charge in [-0.1, -0.05) is 13.8 Å². The highest BCUT2D eigenvalue weighted by molar-refractivity contribution is 14.0. The Hall–Kier alpha value is -1.23. The number of nitrogens with two attached hydrogens (primary N) is 1. The fourth-order valence-corrected chi connectivity index (χ4v) is 1.96. The number of aliphatic imine (C=N–C) groups is 1. The third-order valence-corrected chi connectivity index (χ3v) is 3.17. The lowest BCUT2D eigenvalue weighted by atomic mass is 10.3. The fraction of sp³-hybridized carbons (Fsp3) is 0.533. The Morgan fingerprint density at radius 1 is 1.21 bits per heavy atom. The first-order valence-electron chi connectivity index (χ1n) is 7.49. The van der Waals surface area contributed by atoms with Gasteiger partial charge in [0.15, 0.2) is 5.96 Å². The molecule has 0 radical (unpaired) electrons. The Labute approximate surface area is 157 Å². The molecule has 1 aromatic carbocycles. The van der Waals surface area contributed by atoms with Crippen LogP contribution in [0.5, 0.6) is 5.75 Å². The molecule has 0 aliphatic carbocycles. The second-order valence-corrected chi connectivity index (χ2v) is 4.84. The van der Waals surface area contributed by atoms with Crippen molar-refractivity contribution in [3.63, 3.8) is 0 Å². The number of hydrogen-bond donors (Lipinski definition) is 2. The second-order valence-electron chi connectivity index (χ2n) is 4.84. The first-order chi connectivity index (χ1) is 10.8. The molecule has 138 valence electrons. The monoisotopic (exact) mass is 460 g/mol. The Morgan fingerprint density at radius 2 is 1.79 bits per heavy atom. The van der Waals surface area contributed by atoms with Gasteiger partial charge in [0, 0.05) is 12.2 Å². The third-order valence-electron chi connectivity index (χ3n) is 3.17. The quantitative estimate of drug-likeness (QED) is 0.269. The SMILES string of the molecule is CCN(CC)CCCN=C(N)Nc1ccc(OC(F)(F)F)cc1.I. The number of benzene rings is 1. The molecule has 0 saturated heterocycles. The lowest BCUT2D eigenvalue weighted by molar-refractivity contribution is -0.274. The van der Waals surface area contributed by atoms with Crippen LogP contribution in [0.1, 0.15) is 20.3 Å². The molecular formula is C15H24F3IN4O. The highest BCUT2D eigenvalue weighted by Gasteiger charge is 2.30. The smallest absolute Gasteiger partial charge is 0.406 e. The Kier molecular flexibility index (Phi) is 10.8. The van der Waals surface area contributed by atoms with Crippen LogP contribution in [0.25, 0.3) is 0 Å². The van der Waals surface area contributed by atoms with Crippen LogP contribution in [-0.4, -0.2) is 43.4 Å². The zero-order valence-corrected chi connectivity index (χ0v) is 16.1. The molecule has 0 spiro atoms. The predicted molar refractivity (Wildman–Crippen MR) is 101 cm³/mol. The van der Waals surface area contributed by atoms with Crippen LogP contribution in [0.3, 0.4) is 0 Å². The number of nitrogens with zero attached hydrogens (tertiary/aromatic N) is 2. The van der Waals surface area contributed by atoms with Gasteiger partial charge in [0.1, 0.15) is 5.75 Å². The van der Waals surface area contributed by atoms with Crippen molar-refractivity contribution in [1.29, 1.82) is 0 Å². The number of halogens is 4. The molecule has 0 saturated carbocycles. The van der Waals surface area contributed by atoms with E-state index in [2.05, 4.69) is 33.8 Å². The molecule has 24 heavy (non-hydrogen) atoms. The summed E-state index contributed by atoms with van der Waals surface area (Å²) in [5.41, 5.74) is 6.29. The summed E-state index contributed by atoms with van der Waals surface area (Å²) in [7, 11) is 0. The van der Waals surface area contributed by atoms with Crippen molar-refractivity contribution in [2.24, 2.45) is 10.7 Å². The van der Waals surface area contributed by atoms with E-state index in [1.54, 1.807) is 0 Å². The lowest BCUT2D eigenvalue weighted by Crippen LogP contribution is -2.26. The van der Waals surface area contributed by atoms with E-state index in [4.69, 9.17) is 5.73 Å². The number of anilines is 1. The number of rotatable bonds is 8. The number of alkyl halides is 3. The van der Waals surface area contributed by atoms with Crippen LogP contribution in [0.4, 0.5) is 18.9 Å². The highest BCUT2D eigenvalue weighted by atomic mass is 127. The minimum atomic E-state index is -4.69. The van der Waals surface area contributed by atoms with E-state index in [9.17, 15) is 13.2 Å². The molecule has 9 heteroatoms. The topological polar surface area (TPSA) is 62.9 Å². The van der Waals surface area contributed by atoms with Crippen molar-refractivity contribution < 1.29 is 17.9 Å². The molecule has 0 heterocycles. The first kappa shape index (κ1) is 22.8. The third kappa shape index (κ3) is 9.81. The number of nitrogens with one attached hydrogen (secondary N) is 1. The van der Waals surface area contributed by atoms with Crippen LogP contribution in [0, 0.1) is 0 Å². The summed E-state index contributed by atoms with van der Waals surface area (Å²) in [4.78, 5) is 6.48. The molecule has 0 amide bonds. The molecular weight excluding hydrogens is 436 g/mol. The minimum Gasteiger partial charge on any atom is -0.406 e. The molecule has 0 aromatic heterocycles. The van der Waals surface area contributed by atoms with Gasteiger partial charge in [-0.3, -0.25) is 4.99 Å². The van der Waals surface area contributed by atoms with Gasteiger partial charge in [-0.15, -0.1) is 37.1 Å². The van der Waals surface area contributed by atoms with Gasteiger partial charge >= 0.3 is 6.36 Å². The molecule has 0 aliphatic rings. The molecule has 1 rings (SSSR count). The van der Waals surface area contributed by atoms with Gasteiger partial charge in [0.05, 0.1) is 0 Å². The minimum absolute atomic E-state index is 0. The van der Waals surface area contributed by atoms with Gasteiger partial charge in [0.25, 0.3) is 0 Å². The number of hydrogen-bond acceptors (Lipinski definition) is 3. The largest absolute Gasteiger partial charge is 0.573 e. The van der Waals surface area contributed by atoms with Crippen LogP contribution in [-0.2, 0) is 0 Å². The number of ether oxygens (including phenoxy) is 1. The summed E-state index contributed by atoms with van der Waals surface area (Å²) in [5, 5.41) is 2.83. The van der Waals surface area contributed by atoms with Crippen molar-refractivity contribution >= 4 is 35.6 Å². The van der Waals surface area contributed by atoms with Crippen LogP contribution in [0.15, 0.2) is 29.3 Å². The molecule has 3 N–H and O–H groups in total. The zero-order chi connectivity index (χ0) is 17.3. The molecule has 0 fully saturated rings. The lowest BCUT2D eigenvalue weighted by Gasteiger charge is -2.16. The van der Waals surface area contributed by atoms with E-state index in [1.807, 2.05) is 0 Å². The van der Waals surface area contributed by atoms with E-state index in [1.165, 1.54) is 24.3 Å². The van der Waals surface area contributed by atoms with Crippen molar-refractivity contribution in [3.05, 3.63) is 24.3 Å². The van der Waals surface area contributed by atoms with E-state index in [-0.39, 0.29) is 35.7 Å². The first-order valence-corrected chi connectivity index (χ1v) is 7.49. The second kappa shape index (κ2) is 11.3. The molecule has 1 aromatic rings. The summed E-state index contributed by atoms with van der Waals surface area (Å²) < 4.78 is 39.9. The highest BCUT2D eigenvalue weighted by Crippen LogP contribution is 2.23. The van der Waals surface area contributed by atoms with Gasteiger partial charge in [-0.25, -0.2) is 0 Å². The summed E-state index contributed by atoms with van der Waals surface area (Å²) in [5.74, 6) is -0.0492. The van der Waals surface area contributed by atoms with Crippen molar-refractivity contribution in [2.45, 2.75) is 26.6 Å². The fourth-order valence-electron chi connectivity index (χ4n) is 1.96. The van der Waals surface area contributed by atoms with Gasteiger partial charge < -0.3 is 20.7 Å². The van der Waals surface area contributed by atoms with Crippen LogP contribution in [0.2, 0.25) is 0 Å². The van der Waals surface area contributed by atoms with Crippen LogP contribution >= 0.6 is 24.0 Å². The Bertz CT molecular complexity index is 490. The van der Waals surface area contributed by atoms with E-state index in [0.717, 1.165) is 26.1 Å². The van der Waals surface area contributed by atoms with Crippen molar-refractivity contribution in [1.82, 2.24) is 4.90 Å². The van der Waals surface area contributed by atoms with Gasteiger partial charge in [-0.2, -0.15) is 0 Å². The summed E-state index contributed by atoms with van der Waals surface area (Å²) in [6.45, 7) is 7.75. The van der Waals surface area contributed by atoms with Crippen molar-refractivity contribution in [2.75, 3.05) is 31.5 Å². The molecule has 0 unspecified atom stereocenters. The number of guanidine groups is 1. The molecule has 0 aliphatic heterocycles. The average molecular weight is 460 g/mol. The van der Waals surface area contributed by atoms with Crippen molar-refractivity contribution in [3.8, 4) is 5.75 Å². The Morgan fingerprint density at radius 3 is 2.29 bits per heavy atom. The maximum absolute atomic E-state index is 12.1. The normalized spacial score (nSPS) is 12.0. The van der Waals surface area contributed by atoms with Crippen LogP contribution < -0.4 is 15.8 Å². The summed E-state index contributed by atoms with van der Waals surface area (Å²) in [6.07, 6.45) is -3.80.